The molecule has 0 fully saturated rings. The monoisotopic (exact) mass is 318 g/mol. The molecule has 0 unspecified atom stereocenters. The summed E-state index contributed by atoms with van der Waals surface area (Å²) in [5.74, 6) is -0.0597. The van der Waals surface area contributed by atoms with Crippen LogP contribution in [0.4, 0.5) is 11.4 Å². The van der Waals surface area contributed by atoms with Gasteiger partial charge in [0.2, 0.25) is 5.91 Å². The number of anilines is 2. The Hall–Kier alpha value is -1.81. The fourth-order valence-corrected chi connectivity index (χ4v) is 1.95. The van der Waals surface area contributed by atoms with Gasteiger partial charge in [0.05, 0.1) is 0 Å². The first kappa shape index (κ1) is 13.6. The molecule has 19 heavy (non-hydrogen) atoms. The van der Waals surface area contributed by atoms with Crippen molar-refractivity contribution in [1.29, 1.82) is 0 Å². The smallest absolute Gasteiger partial charge is 0.221 e. The molecule has 2 rings (SSSR count). The molecule has 0 saturated heterocycles. The molecular weight excluding hydrogens is 304 g/mol. The van der Waals surface area contributed by atoms with Crippen molar-refractivity contribution in [2.24, 2.45) is 0 Å². The van der Waals surface area contributed by atoms with E-state index in [9.17, 15) is 4.79 Å². The van der Waals surface area contributed by atoms with Crippen LogP contribution in [0.25, 0.3) is 0 Å². The summed E-state index contributed by atoms with van der Waals surface area (Å²) in [6.45, 7) is 2.27. The van der Waals surface area contributed by atoms with Crippen LogP contribution in [-0.4, -0.2) is 5.91 Å². The van der Waals surface area contributed by atoms with Crippen LogP contribution in [0.3, 0.4) is 0 Å². The molecule has 0 aliphatic heterocycles. The minimum Gasteiger partial charge on any atom is -0.381 e. The van der Waals surface area contributed by atoms with Crippen LogP contribution < -0.4 is 10.6 Å². The van der Waals surface area contributed by atoms with Crippen LogP contribution in [0.15, 0.2) is 53.0 Å². The van der Waals surface area contributed by atoms with Crippen molar-refractivity contribution in [3.05, 3.63) is 58.6 Å². The molecule has 0 aliphatic carbocycles. The van der Waals surface area contributed by atoms with E-state index in [1.54, 1.807) is 0 Å². The van der Waals surface area contributed by atoms with Gasteiger partial charge in [-0.25, -0.2) is 0 Å². The molecule has 2 aromatic rings. The lowest BCUT2D eigenvalue weighted by Crippen LogP contribution is -2.05. The van der Waals surface area contributed by atoms with Gasteiger partial charge in [0.15, 0.2) is 0 Å². The quantitative estimate of drug-likeness (QED) is 0.894. The number of benzene rings is 2. The highest BCUT2D eigenvalue weighted by Crippen LogP contribution is 2.15. The van der Waals surface area contributed by atoms with E-state index in [1.807, 2.05) is 36.4 Å². The van der Waals surface area contributed by atoms with Crippen molar-refractivity contribution in [3.8, 4) is 0 Å². The Morgan fingerprint density at radius 1 is 1.00 bits per heavy atom. The summed E-state index contributed by atoms with van der Waals surface area (Å²) in [6, 6.07) is 15.9. The highest BCUT2D eigenvalue weighted by Gasteiger charge is 1.97. The summed E-state index contributed by atoms with van der Waals surface area (Å²) >= 11 is 3.41. The predicted octanol–water partition coefficient (Wildman–Crippen LogP) is 4.02. The van der Waals surface area contributed by atoms with Gasteiger partial charge in [0.1, 0.15) is 0 Å². The van der Waals surface area contributed by atoms with Crippen molar-refractivity contribution < 1.29 is 4.79 Å². The third kappa shape index (κ3) is 4.41. The predicted molar refractivity (Wildman–Crippen MR) is 82.2 cm³/mol. The molecule has 0 aromatic heterocycles. The first-order valence-electron chi connectivity index (χ1n) is 5.99. The third-order valence-corrected chi connectivity index (χ3v) is 3.14. The number of amides is 1. The molecular formula is C15H15BrN2O. The molecule has 0 heterocycles. The van der Waals surface area contributed by atoms with Crippen LogP contribution in [0.2, 0.25) is 0 Å². The van der Waals surface area contributed by atoms with E-state index < -0.39 is 0 Å². The van der Waals surface area contributed by atoms with Crippen LogP contribution >= 0.6 is 15.9 Å². The Kier molecular flexibility index (Phi) is 4.58. The molecule has 0 radical (unpaired) electrons. The molecule has 0 saturated carbocycles. The maximum atomic E-state index is 10.9. The highest BCUT2D eigenvalue weighted by molar-refractivity contribution is 9.10. The first-order valence-corrected chi connectivity index (χ1v) is 6.79. The SMILES string of the molecule is CC(=O)Nc1ccc(NCc2ccc(Br)cc2)cc1. The normalized spacial score (nSPS) is 10.0. The van der Waals surface area contributed by atoms with Crippen molar-refractivity contribution in [2.75, 3.05) is 10.6 Å². The Morgan fingerprint density at radius 2 is 1.58 bits per heavy atom. The molecule has 0 bridgehead atoms. The molecule has 0 spiro atoms. The summed E-state index contributed by atoms with van der Waals surface area (Å²) in [5, 5.41) is 6.07. The van der Waals surface area contributed by atoms with E-state index in [4.69, 9.17) is 0 Å². The zero-order chi connectivity index (χ0) is 13.7. The largest absolute Gasteiger partial charge is 0.381 e. The molecule has 3 nitrogen and oxygen atoms in total. The second-order valence-corrected chi connectivity index (χ2v) is 5.15. The molecule has 98 valence electrons. The van der Waals surface area contributed by atoms with Gasteiger partial charge in [0.25, 0.3) is 0 Å². The lowest BCUT2D eigenvalue weighted by atomic mass is 10.2. The topological polar surface area (TPSA) is 41.1 Å². The van der Waals surface area contributed by atoms with E-state index in [-0.39, 0.29) is 5.91 Å². The number of halogens is 1. The van der Waals surface area contributed by atoms with Gasteiger partial charge < -0.3 is 10.6 Å². The summed E-state index contributed by atoms with van der Waals surface area (Å²) < 4.78 is 1.08. The maximum Gasteiger partial charge on any atom is 0.221 e. The van der Waals surface area contributed by atoms with Crippen molar-refractivity contribution >= 4 is 33.2 Å². The van der Waals surface area contributed by atoms with E-state index in [2.05, 4.69) is 38.7 Å². The zero-order valence-corrected chi connectivity index (χ0v) is 12.2. The van der Waals surface area contributed by atoms with Gasteiger partial charge in [-0.2, -0.15) is 0 Å². The standard InChI is InChI=1S/C15H15BrN2O/c1-11(19)18-15-8-6-14(7-9-15)17-10-12-2-4-13(16)5-3-12/h2-9,17H,10H2,1H3,(H,18,19). The van der Waals surface area contributed by atoms with E-state index >= 15 is 0 Å². The fourth-order valence-electron chi connectivity index (χ4n) is 1.68. The molecule has 1 amide bonds. The summed E-state index contributed by atoms with van der Waals surface area (Å²) in [7, 11) is 0. The van der Waals surface area contributed by atoms with Crippen molar-refractivity contribution in [2.45, 2.75) is 13.5 Å². The Morgan fingerprint density at radius 3 is 2.16 bits per heavy atom. The van der Waals surface area contributed by atoms with E-state index in [0.29, 0.717) is 0 Å². The number of carbonyl (C=O) groups excluding carboxylic acids is 1. The lowest BCUT2D eigenvalue weighted by Gasteiger charge is -2.08. The van der Waals surface area contributed by atoms with Crippen LogP contribution in [0.5, 0.6) is 0 Å². The summed E-state index contributed by atoms with van der Waals surface area (Å²) in [4.78, 5) is 10.9. The summed E-state index contributed by atoms with van der Waals surface area (Å²) in [5.41, 5.74) is 3.05. The van der Waals surface area contributed by atoms with Crippen molar-refractivity contribution in [3.63, 3.8) is 0 Å². The van der Waals surface area contributed by atoms with Gasteiger partial charge >= 0.3 is 0 Å². The number of carbonyl (C=O) groups is 1. The number of nitrogens with one attached hydrogen (secondary N) is 2. The van der Waals surface area contributed by atoms with Gasteiger partial charge in [-0.15, -0.1) is 0 Å². The zero-order valence-electron chi connectivity index (χ0n) is 10.6. The minimum absolute atomic E-state index is 0.0597. The van der Waals surface area contributed by atoms with Gasteiger partial charge in [-0.3, -0.25) is 4.79 Å². The average Bonchev–Trinajstić information content (AvgIpc) is 2.39. The first-order chi connectivity index (χ1) is 9.13. The Labute approximate surface area is 121 Å². The second kappa shape index (κ2) is 6.38. The lowest BCUT2D eigenvalue weighted by molar-refractivity contribution is -0.114. The van der Waals surface area contributed by atoms with Crippen LogP contribution in [-0.2, 0) is 11.3 Å². The number of rotatable bonds is 4. The summed E-state index contributed by atoms with van der Waals surface area (Å²) in [6.07, 6.45) is 0. The van der Waals surface area contributed by atoms with E-state index in [1.165, 1.54) is 12.5 Å². The van der Waals surface area contributed by atoms with Gasteiger partial charge in [-0.05, 0) is 42.0 Å². The average molecular weight is 319 g/mol. The number of hydrogen-bond acceptors (Lipinski definition) is 2. The minimum atomic E-state index is -0.0597. The Balaban J connectivity index is 1.92. The fraction of sp³-hybridized carbons (Fsp3) is 0.133. The Bertz CT molecular complexity index is 549. The molecule has 2 N–H and O–H groups in total. The molecule has 0 atom stereocenters. The van der Waals surface area contributed by atoms with Crippen molar-refractivity contribution in [1.82, 2.24) is 0 Å². The second-order valence-electron chi connectivity index (χ2n) is 4.24. The number of hydrogen-bond donors (Lipinski definition) is 2. The molecule has 0 aliphatic rings. The van der Waals surface area contributed by atoms with Crippen LogP contribution in [0.1, 0.15) is 12.5 Å². The molecule has 4 heteroatoms. The third-order valence-electron chi connectivity index (χ3n) is 2.62. The van der Waals surface area contributed by atoms with Crippen LogP contribution in [0, 0.1) is 0 Å². The maximum absolute atomic E-state index is 10.9. The van der Waals surface area contributed by atoms with Gasteiger partial charge in [-0.1, -0.05) is 28.1 Å². The van der Waals surface area contributed by atoms with E-state index in [0.717, 1.165) is 22.4 Å². The molecule has 2 aromatic carbocycles. The van der Waals surface area contributed by atoms with Gasteiger partial charge in [0, 0.05) is 29.3 Å². The highest BCUT2D eigenvalue weighted by atomic mass is 79.9.